The van der Waals surface area contributed by atoms with Gasteiger partial charge < -0.3 is 20.5 Å². The number of ether oxygens (including phenoxy) is 1. The molecule has 1 heterocycles. The first-order chi connectivity index (χ1) is 9.16. The van der Waals surface area contributed by atoms with E-state index in [2.05, 4.69) is 10.6 Å². The van der Waals surface area contributed by atoms with Crippen molar-refractivity contribution in [3.63, 3.8) is 0 Å². The molecule has 2 atom stereocenters. The number of halogens is 1. The molecule has 104 valence electrons. The molecule has 1 aromatic rings. The molecular weight excluding hydrogens is 268 g/mol. The van der Waals surface area contributed by atoms with E-state index < -0.39 is 12.2 Å². The average molecular weight is 285 g/mol. The number of hydrogen-bond acceptors (Lipinski definition) is 4. The summed E-state index contributed by atoms with van der Waals surface area (Å²) >= 11 is 5.77. The van der Waals surface area contributed by atoms with Crippen LogP contribution in [0.3, 0.4) is 0 Å². The SMILES string of the molecule is O=C(NC[C@H](O)c1ccc(Cl)cc1)[C@H]1CNCCO1. The van der Waals surface area contributed by atoms with Gasteiger partial charge in [0.15, 0.2) is 0 Å². The summed E-state index contributed by atoms with van der Waals surface area (Å²) in [5, 5.41) is 16.3. The van der Waals surface area contributed by atoms with Crippen molar-refractivity contribution < 1.29 is 14.6 Å². The van der Waals surface area contributed by atoms with E-state index in [1.54, 1.807) is 24.3 Å². The Morgan fingerprint density at radius 1 is 1.53 bits per heavy atom. The van der Waals surface area contributed by atoms with Crippen LogP contribution in [0, 0.1) is 0 Å². The predicted octanol–water partition coefficient (Wildman–Crippen LogP) is 0.478. The molecule has 5 nitrogen and oxygen atoms in total. The van der Waals surface area contributed by atoms with Gasteiger partial charge in [-0.25, -0.2) is 0 Å². The normalized spacial score (nSPS) is 20.8. The van der Waals surface area contributed by atoms with Gasteiger partial charge in [0, 0.05) is 24.7 Å². The fourth-order valence-electron chi connectivity index (χ4n) is 1.85. The van der Waals surface area contributed by atoms with E-state index in [9.17, 15) is 9.90 Å². The largest absolute Gasteiger partial charge is 0.387 e. The van der Waals surface area contributed by atoms with Crippen LogP contribution in [0.4, 0.5) is 0 Å². The third-order valence-electron chi connectivity index (χ3n) is 2.94. The number of carbonyl (C=O) groups is 1. The van der Waals surface area contributed by atoms with E-state index in [-0.39, 0.29) is 12.5 Å². The Balaban J connectivity index is 1.80. The molecule has 1 aliphatic heterocycles. The summed E-state index contributed by atoms with van der Waals surface area (Å²) in [6.45, 7) is 1.94. The average Bonchev–Trinajstić information content (AvgIpc) is 2.46. The maximum absolute atomic E-state index is 11.8. The maximum atomic E-state index is 11.8. The second-order valence-corrected chi connectivity index (χ2v) is 4.81. The number of amides is 1. The van der Waals surface area contributed by atoms with Gasteiger partial charge in [-0.2, -0.15) is 0 Å². The Hall–Kier alpha value is -1.14. The van der Waals surface area contributed by atoms with Crippen molar-refractivity contribution in [2.75, 3.05) is 26.2 Å². The van der Waals surface area contributed by atoms with Crippen molar-refractivity contribution in [3.05, 3.63) is 34.9 Å². The highest BCUT2D eigenvalue weighted by Gasteiger charge is 2.22. The lowest BCUT2D eigenvalue weighted by Gasteiger charge is -2.23. The smallest absolute Gasteiger partial charge is 0.250 e. The number of aliphatic hydroxyl groups is 1. The molecule has 2 rings (SSSR count). The van der Waals surface area contributed by atoms with Gasteiger partial charge in [-0.15, -0.1) is 0 Å². The lowest BCUT2D eigenvalue weighted by atomic mass is 10.1. The first kappa shape index (κ1) is 14.3. The molecule has 0 aliphatic carbocycles. The molecule has 0 bridgehead atoms. The minimum absolute atomic E-state index is 0.153. The zero-order chi connectivity index (χ0) is 13.7. The lowest BCUT2D eigenvalue weighted by Crippen LogP contribution is -2.48. The van der Waals surface area contributed by atoms with Crippen LogP contribution in [0.2, 0.25) is 5.02 Å². The zero-order valence-electron chi connectivity index (χ0n) is 10.4. The summed E-state index contributed by atoms with van der Waals surface area (Å²) in [7, 11) is 0. The number of benzene rings is 1. The van der Waals surface area contributed by atoms with Crippen LogP contribution >= 0.6 is 11.6 Å². The van der Waals surface area contributed by atoms with E-state index in [0.717, 1.165) is 6.54 Å². The fourth-order valence-corrected chi connectivity index (χ4v) is 1.97. The van der Waals surface area contributed by atoms with Crippen molar-refractivity contribution in [3.8, 4) is 0 Å². The molecule has 1 amide bonds. The number of carbonyl (C=O) groups excluding carboxylic acids is 1. The third kappa shape index (κ3) is 4.18. The van der Waals surface area contributed by atoms with Crippen molar-refractivity contribution in [2.45, 2.75) is 12.2 Å². The fraction of sp³-hybridized carbons (Fsp3) is 0.462. The number of aliphatic hydroxyl groups excluding tert-OH is 1. The molecule has 1 aromatic carbocycles. The molecule has 19 heavy (non-hydrogen) atoms. The number of rotatable bonds is 4. The first-order valence-corrected chi connectivity index (χ1v) is 6.58. The minimum Gasteiger partial charge on any atom is -0.387 e. The monoisotopic (exact) mass is 284 g/mol. The van der Waals surface area contributed by atoms with Gasteiger partial charge in [0.25, 0.3) is 5.91 Å². The zero-order valence-corrected chi connectivity index (χ0v) is 11.2. The molecule has 0 spiro atoms. The van der Waals surface area contributed by atoms with Crippen molar-refractivity contribution in [2.24, 2.45) is 0 Å². The standard InChI is InChI=1S/C13H17ClN2O3/c14-10-3-1-9(2-4-10)11(17)7-16-13(18)12-8-15-5-6-19-12/h1-4,11-12,15,17H,5-8H2,(H,16,18)/t11-,12+/m0/s1. The Bertz CT molecular complexity index is 418. The van der Waals surface area contributed by atoms with E-state index in [1.807, 2.05) is 0 Å². The molecular formula is C13H17ClN2O3. The number of morpholine rings is 1. The van der Waals surface area contributed by atoms with Crippen molar-refractivity contribution in [1.29, 1.82) is 0 Å². The van der Waals surface area contributed by atoms with Gasteiger partial charge in [0.05, 0.1) is 12.7 Å². The third-order valence-corrected chi connectivity index (χ3v) is 3.20. The minimum atomic E-state index is -0.752. The second-order valence-electron chi connectivity index (χ2n) is 4.38. The first-order valence-electron chi connectivity index (χ1n) is 6.20. The Labute approximate surface area is 116 Å². The highest BCUT2D eigenvalue weighted by Crippen LogP contribution is 2.15. The molecule has 1 aliphatic rings. The van der Waals surface area contributed by atoms with Gasteiger partial charge in [0.1, 0.15) is 6.10 Å². The van der Waals surface area contributed by atoms with Gasteiger partial charge >= 0.3 is 0 Å². The second kappa shape index (κ2) is 6.86. The highest BCUT2D eigenvalue weighted by molar-refractivity contribution is 6.30. The molecule has 1 saturated heterocycles. The molecule has 1 fully saturated rings. The van der Waals surface area contributed by atoms with E-state index in [0.29, 0.717) is 23.7 Å². The molecule has 0 saturated carbocycles. The van der Waals surface area contributed by atoms with Crippen molar-refractivity contribution >= 4 is 17.5 Å². The summed E-state index contributed by atoms with van der Waals surface area (Å²) in [4.78, 5) is 11.8. The Morgan fingerprint density at radius 3 is 2.89 bits per heavy atom. The van der Waals surface area contributed by atoms with Crippen LogP contribution in [0.1, 0.15) is 11.7 Å². The number of hydrogen-bond donors (Lipinski definition) is 3. The van der Waals surface area contributed by atoms with E-state index >= 15 is 0 Å². The Kier molecular flexibility index (Phi) is 5.15. The van der Waals surface area contributed by atoms with Crippen molar-refractivity contribution in [1.82, 2.24) is 10.6 Å². The quantitative estimate of drug-likeness (QED) is 0.752. The van der Waals surface area contributed by atoms with Crippen LogP contribution in [0.15, 0.2) is 24.3 Å². The number of nitrogens with one attached hydrogen (secondary N) is 2. The summed E-state index contributed by atoms with van der Waals surface area (Å²) in [6, 6.07) is 6.88. The van der Waals surface area contributed by atoms with E-state index in [1.165, 1.54) is 0 Å². The van der Waals surface area contributed by atoms with Crippen LogP contribution in [0.25, 0.3) is 0 Å². The lowest BCUT2D eigenvalue weighted by molar-refractivity contribution is -0.134. The summed E-state index contributed by atoms with van der Waals surface area (Å²) < 4.78 is 5.32. The summed E-state index contributed by atoms with van der Waals surface area (Å²) in [6.07, 6.45) is -1.23. The van der Waals surface area contributed by atoms with Gasteiger partial charge in [-0.1, -0.05) is 23.7 Å². The Morgan fingerprint density at radius 2 is 2.26 bits per heavy atom. The van der Waals surface area contributed by atoms with Crippen LogP contribution in [0.5, 0.6) is 0 Å². The topological polar surface area (TPSA) is 70.6 Å². The highest BCUT2D eigenvalue weighted by atomic mass is 35.5. The molecule has 6 heteroatoms. The van der Waals surface area contributed by atoms with Crippen LogP contribution < -0.4 is 10.6 Å². The summed E-state index contributed by atoms with van der Waals surface area (Å²) in [5.74, 6) is -0.208. The van der Waals surface area contributed by atoms with Crippen LogP contribution in [-0.2, 0) is 9.53 Å². The van der Waals surface area contributed by atoms with Crippen LogP contribution in [-0.4, -0.2) is 43.4 Å². The van der Waals surface area contributed by atoms with Gasteiger partial charge in [0.2, 0.25) is 0 Å². The molecule has 3 N–H and O–H groups in total. The summed E-state index contributed by atoms with van der Waals surface area (Å²) in [5.41, 5.74) is 0.715. The molecule has 0 aromatic heterocycles. The van der Waals surface area contributed by atoms with Gasteiger partial charge in [-0.3, -0.25) is 4.79 Å². The predicted molar refractivity (Wildman–Crippen MR) is 72.0 cm³/mol. The molecule has 0 radical (unpaired) electrons. The van der Waals surface area contributed by atoms with Gasteiger partial charge in [-0.05, 0) is 17.7 Å². The maximum Gasteiger partial charge on any atom is 0.250 e. The molecule has 0 unspecified atom stereocenters. The van der Waals surface area contributed by atoms with E-state index in [4.69, 9.17) is 16.3 Å².